The Labute approximate surface area is 113 Å². The standard InChI is InChI=1S/C14H18ClN3/c1-9-7-10(2)13(14(4,15)8-9)18-12-5-6-16-11(3)17-12/h5-8,13H,1-4H3,(H,16,17,18). The molecule has 2 rings (SSSR count). The van der Waals surface area contributed by atoms with Crippen LogP contribution < -0.4 is 5.32 Å². The normalized spacial score (nSPS) is 27.5. The van der Waals surface area contributed by atoms with Gasteiger partial charge in [0.15, 0.2) is 0 Å². The molecule has 2 atom stereocenters. The van der Waals surface area contributed by atoms with Crippen LogP contribution in [0, 0.1) is 6.92 Å². The Morgan fingerprint density at radius 1 is 1.33 bits per heavy atom. The minimum Gasteiger partial charge on any atom is -0.361 e. The van der Waals surface area contributed by atoms with E-state index in [0.717, 1.165) is 11.6 Å². The number of aryl methyl sites for hydroxylation is 1. The average Bonchev–Trinajstić information content (AvgIpc) is 2.22. The molecular weight excluding hydrogens is 246 g/mol. The summed E-state index contributed by atoms with van der Waals surface area (Å²) >= 11 is 6.59. The second kappa shape index (κ2) is 4.73. The molecule has 0 fully saturated rings. The number of nitrogens with zero attached hydrogens (tertiary/aromatic N) is 2. The summed E-state index contributed by atoms with van der Waals surface area (Å²) in [6.45, 7) is 8.04. The smallest absolute Gasteiger partial charge is 0.130 e. The average molecular weight is 264 g/mol. The Morgan fingerprint density at radius 2 is 2.06 bits per heavy atom. The Kier molecular flexibility index (Phi) is 3.44. The van der Waals surface area contributed by atoms with Crippen LogP contribution in [0.25, 0.3) is 0 Å². The summed E-state index contributed by atoms with van der Waals surface area (Å²) in [5, 5.41) is 3.39. The third kappa shape index (κ3) is 2.72. The van der Waals surface area contributed by atoms with Gasteiger partial charge in [0.25, 0.3) is 0 Å². The number of alkyl halides is 1. The zero-order valence-corrected chi connectivity index (χ0v) is 11.9. The fraction of sp³-hybridized carbons (Fsp3) is 0.429. The lowest BCUT2D eigenvalue weighted by atomic mass is 9.87. The van der Waals surface area contributed by atoms with Crippen LogP contribution in [0.2, 0.25) is 0 Å². The van der Waals surface area contributed by atoms with Crippen molar-refractivity contribution >= 4 is 17.4 Å². The Bertz CT molecular complexity index is 518. The Balaban J connectivity index is 2.26. The van der Waals surface area contributed by atoms with E-state index in [1.807, 2.05) is 19.9 Å². The Morgan fingerprint density at radius 3 is 2.67 bits per heavy atom. The van der Waals surface area contributed by atoms with Crippen molar-refractivity contribution in [3.8, 4) is 0 Å². The van der Waals surface area contributed by atoms with Crippen molar-refractivity contribution in [3.05, 3.63) is 41.4 Å². The van der Waals surface area contributed by atoms with Crippen molar-refractivity contribution in [1.29, 1.82) is 0 Å². The number of nitrogens with one attached hydrogen (secondary N) is 1. The molecular formula is C14H18ClN3. The number of anilines is 1. The van der Waals surface area contributed by atoms with Gasteiger partial charge in [0.1, 0.15) is 11.6 Å². The molecule has 0 aromatic carbocycles. The summed E-state index contributed by atoms with van der Waals surface area (Å²) in [6, 6.07) is 1.90. The minimum absolute atomic E-state index is 0.0390. The molecule has 96 valence electrons. The molecule has 0 radical (unpaired) electrons. The first-order chi connectivity index (χ1) is 8.38. The lowest BCUT2D eigenvalue weighted by Crippen LogP contribution is -2.41. The zero-order chi connectivity index (χ0) is 13.3. The number of aromatic nitrogens is 2. The first-order valence-corrected chi connectivity index (χ1v) is 6.39. The van der Waals surface area contributed by atoms with Gasteiger partial charge in [0, 0.05) is 6.20 Å². The van der Waals surface area contributed by atoms with E-state index in [1.165, 1.54) is 11.1 Å². The van der Waals surface area contributed by atoms with E-state index in [0.29, 0.717) is 0 Å². The number of hydrogen-bond donors (Lipinski definition) is 1. The van der Waals surface area contributed by atoms with Crippen LogP contribution in [-0.4, -0.2) is 20.9 Å². The fourth-order valence-electron chi connectivity index (χ4n) is 2.40. The molecule has 2 unspecified atom stereocenters. The van der Waals surface area contributed by atoms with Crippen molar-refractivity contribution in [2.75, 3.05) is 5.32 Å². The van der Waals surface area contributed by atoms with Crippen molar-refractivity contribution in [2.24, 2.45) is 0 Å². The maximum atomic E-state index is 6.59. The number of rotatable bonds is 2. The van der Waals surface area contributed by atoms with Gasteiger partial charge in [-0.25, -0.2) is 9.97 Å². The Hall–Kier alpha value is -1.35. The van der Waals surface area contributed by atoms with Crippen molar-refractivity contribution in [2.45, 2.75) is 38.6 Å². The molecule has 1 N–H and O–H groups in total. The van der Waals surface area contributed by atoms with Crippen LogP contribution in [0.15, 0.2) is 35.6 Å². The molecule has 1 aromatic heterocycles. The van der Waals surface area contributed by atoms with Gasteiger partial charge in [-0.05, 0) is 39.3 Å². The molecule has 18 heavy (non-hydrogen) atoms. The second-order valence-electron chi connectivity index (χ2n) is 4.99. The van der Waals surface area contributed by atoms with E-state index >= 15 is 0 Å². The monoisotopic (exact) mass is 263 g/mol. The van der Waals surface area contributed by atoms with Gasteiger partial charge in [0.05, 0.1) is 10.9 Å². The molecule has 1 aliphatic rings. The highest BCUT2D eigenvalue weighted by atomic mass is 35.5. The molecule has 1 aliphatic carbocycles. The zero-order valence-electron chi connectivity index (χ0n) is 11.2. The summed E-state index contributed by atoms with van der Waals surface area (Å²) in [7, 11) is 0. The van der Waals surface area contributed by atoms with Crippen LogP contribution in [0.1, 0.15) is 26.6 Å². The summed E-state index contributed by atoms with van der Waals surface area (Å²) in [4.78, 5) is 8.00. The van der Waals surface area contributed by atoms with Crippen LogP contribution in [-0.2, 0) is 0 Å². The van der Waals surface area contributed by atoms with Crippen LogP contribution in [0.4, 0.5) is 5.82 Å². The van der Waals surface area contributed by atoms with E-state index in [2.05, 4.69) is 41.3 Å². The lowest BCUT2D eigenvalue weighted by Gasteiger charge is -2.35. The quantitative estimate of drug-likeness (QED) is 0.831. The topological polar surface area (TPSA) is 37.8 Å². The van der Waals surface area contributed by atoms with Gasteiger partial charge < -0.3 is 5.32 Å². The maximum absolute atomic E-state index is 6.59. The van der Waals surface area contributed by atoms with E-state index < -0.39 is 4.87 Å². The molecule has 1 aromatic rings. The van der Waals surface area contributed by atoms with Gasteiger partial charge >= 0.3 is 0 Å². The van der Waals surface area contributed by atoms with Gasteiger partial charge in [-0.2, -0.15) is 0 Å². The molecule has 0 amide bonds. The predicted molar refractivity (Wildman–Crippen MR) is 76.0 cm³/mol. The maximum Gasteiger partial charge on any atom is 0.130 e. The first kappa shape index (κ1) is 13.1. The molecule has 0 bridgehead atoms. The molecule has 3 nitrogen and oxygen atoms in total. The number of allylic oxidation sites excluding steroid dienone is 2. The third-order valence-electron chi connectivity index (χ3n) is 3.05. The lowest BCUT2D eigenvalue weighted by molar-refractivity contribution is 0.659. The highest BCUT2D eigenvalue weighted by molar-refractivity contribution is 6.26. The minimum atomic E-state index is -0.443. The van der Waals surface area contributed by atoms with Crippen molar-refractivity contribution in [1.82, 2.24) is 9.97 Å². The third-order valence-corrected chi connectivity index (χ3v) is 3.38. The molecule has 0 aliphatic heterocycles. The van der Waals surface area contributed by atoms with E-state index in [9.17, 15) is 0 Å². The van der Waals surface area contributed by atoms with E-state index in [-0.39, 0.29) is 6.04 Å². The summed E-state index contributed by atoms with van der Waals surface area (Å²) in [5.41, 5.74) is 2.41. The molecule has 0 saturated carbocycles. The summed E-state index contributed by atoms with van der Waals surface area (Å²) in [5.74, 6) is 1.56. The fourth-order valence-corrected chi connectivity index (χ4v) is 2.80. The van der Waals surface area contributed by atoms with Gasteiger partial charge in [-0.3, -0.25) is 0 Å². The molecule has 0 spiro atoms. The molecule has 1 heterocycles. The van der Waals surface area contributed by atoms with Gasteiger partial charge in [-0.15, -0.1) is 11.6 Å². The van der Waals surface area contributed by atoms with Gasteiger partial charge in [-0.1, -0.05) is 17.7 Å². The van der Waals surface area contributed by atoms with Crippen molar-refractivity contribution in [3.63, 3.8) is 0 Å². The van der Waals surface area contributed by atoms with Crippen molar-refractivity contribution < 1.29 is 0 Å². The highest BCUT2D eigenvalue weighted by Crippen LogP contribution is 2.33. The van der Waals surface area contributed by atoms with Crippen LogP contribution >= 0.6 is 11.6 Å². The van der Waals surface area contributed by atoms with Crippen LogP contribution in [0.5, 0.6) is 0 Å². The SMILES string of the molecule is CC1=CC(C)(Cl)C(Nc2ccnc(C)n2)C(C)=C1. The van der Waals surface area contributed by atoms with Crippen LogP contribution in [0.3, 0.4) is 0 Å². The second-order valence-corrected chi connectivity index (χ2v) is 5.81. The largest absolute Gasteiger partial charge is 0.361 e. The molecule has 4 heteroatoms. The van der Waals surface area contributed by atoms with E-state index in [1.54, 1.807) is 6.20 Å². The first-order valence-electron chi connectivity index (χ1n) is 6.01. The highest BCUT2D eigenvalue weighted by Gasteiger charge is 2.34. The summed E-state index contributed by atoms with van der Waals surface area (Å²) < 4.78 is 0. The summed E-state index contributed by atoms with van der Waals surface area (Å²) in [6.07, 6.45) is 5.97. The van der Waals surface area contributed by atoms with Gasteiger partial charge in [0.2, 0.25) is 0 Å². The molecule has 0 saturated heterocycles. The predicted octanol–water partition coefficient (Wildman–Crippen LogP) is 3.47. The number of hydrogen-bond acceptors (Lipinski definition) is 3. The number of halogens is 1. The van der Waals surface area contributed by atoms with E-state index in [4.69, 9.17) is 11.6 Å².